The number of benzene rings is 1. The van der Waals surface area contributed by atoms with Gasteiger partial charge in [-0.2, -0.15) is 4.98 Å². The van der Waals surface area contributed by atoms with E-state index in [2.05, 4.69) is 10.3 Å². The van der Waals surface area contributed by atoms with E-state index in [0.29, 0.717) is 32.1 Å². The number of hydrogen-bond donors (Lipinski definition) is 1. The van der Waals surface area contributed by atoms with E-state index in [-0.39, 0.29) is 17.9 Å². The number of anilines is 1. The molecule has 3 rings (SSSR count). The van der Waals surface area contributed by atoms with Crippen molar-refractivity contribution in [1.29, 1.82) is 0 Å². The van der Waals surface area contributed by atoms with E-state index in [9.17, 15) is 9.59 Å². The molecule has 1 atom stereocenters. The zero-order chi connectivity index (χ0) is 17.4. The topological polar surface area (TPSA) is 64.0 Å². The van der Waals surface area contributed by atoms with Gasteiger partial charge in [0.2, 0.25) is 5.91 Å². The first-order valence-corrected chi connectivity index (χ1v) is 9.15. The van der Waals surface area contributed by atoms with E-state index in [0.717, 1.165) is 5.75 Å². The van der Waals surface area contributed by atoms with E-state index in [4.69, 9.17) is 23.2 Å². The first kappa shape index (κ1) is 17.3. The highest BCUT2D eigenvalue weighted by Crippen LogP contribution is 2.40. The zero-order valence-electron chi connectivity index (χ0n) is 13.1. The molecule has 1 aromatic carbocycles. The number of fused-ring (bicyclic) bond motifs is 1. The summed E-state index contributed by atoms with van der Waals surface area (Å²) in [4.78, 5) is 29.0. The number of aromatic nitrogens is 2. The highest BCUT2D eigenvalue weighted by atomic mass is 35.5. The normalized spacial score (nSPS) is 16.7. The average Bonchev–Trinajstić information content (AvgIpc) is 2.54. The summed E-state index contributed by atoms with van der Waals surface area (Å²) in [5.74, 6) is 0.614. The van der Waals surface area contributed by atoms with Crippen LogP contribution in [0.15, 0.2) is 28.2 Å². The van der Waals surface area contributed by atoms with Crippen LogP contribution in [0.2, 0.25) is 10.0 Å². The third-order valence-electron chi connectivity index (χ3n) is 3.93. The van der Waals surface area contributed by atoms with Gasteiger partial charge in [0.1, 0.15) is 5.82 Å². The average molecular weight is 384 g/mol. The summed E-state index contributed by atoms with van der Waals surface area (Å²) >= 11 is 13.9. The number of carbonyl (C=O) groups excluding carboxylic acids is 1. The van der Waals surface area contributed by atoms with Crippen molar-refractivity contribution in [3.05, 3.63) is 49.7 Å². The van der Waals surface area contributed by atoms with Crippen LogP contribution in [0, 0.1) is 0 Å². The third-order valence-corrected chi connectivity index (χ3v) is 5.68. The highest BCUT2D eigenvalue weighted by Gasteiger charge is 2.33. The maximum Gasteiger partial charge on any atom is 0.279 e. The molecule has 2 aromatic rings. The fraction of sp³-hybridized carbons (Fsp3) is 0.312. The van der Waals surface area contributed by atoms with E-state index < -0.39 is 5.92 Å². The molecule has 24 heavy (non-hydrogen) atoms. The van der Waals surface area contributed by atoms with E-state index >= 15 is 0 Å². The number of amides is 1. The molecule has 8 heteroatoms. The fourth-order valence-electron chi connectivity index (χ4n) is 2.85. The molecule has 0 bridgehead atoms. The number of nitrogens with zero attached hydrogens (tertiary/aromatic N) is 2. The summed E-state index contributed by atoms with van der Waals surface area (Å²) in [6.07, 6.45) is 0.129. The first-order chi connectivity index (χ1) is 11.4. The summed E-state index contributed by atoms with van der Waals surface area (Å²) in [6.45, 7) is 1.98. The quantitative estimate of drug-likeness (QED) is 0.648. The van der Waals surface area contributed by atoms with Gasteiger partial charge in [-0.15, -0.1) is 0 Å². The molecule has 2 heterocycles. The molecule has 1 aliphatic rings. The molecule has 0 radical (unpaired) electrons. The molecule has 0 saturated heterocycles. The second kappa shape index (κ2) is 6.78. The Balaban J connectivity index is 2.24. The number of rotatable bonds is 3. The van der Waals surface area contributed by atoms with Gasteiger partial charge in [-0.05, 0) is 17.4 Å². The maximum atomic E-state index is 12.6. The molecule has 1 aliphatic heterocycles. The third kappa shape index (κ3) is 2.94. The molecule has 0 spiro atoms. The Hall–Kier alpha value is -1.50. The summed E-state index contributed by atoms with van der Waals surface area (Å²) < 4.78 is 1.74. The van der Waals surface area contributed by atoms with Gasteiger partial charge in [0.05, 0.1) is 15.6 Å². The molecule has 1 N–H and O–H groups in total. The largest absolute Gasteiger partial charge is 0.312 e. The Kier molecular flexibility index (Phi) is 4.90. The molecular formula is C16H15Cl2N3O2S. The molecule has 0 fully saturated rings. The van der Waals surface area contributed by atoms with E-state index in [1.54, 1.807) is 29.8 Å². The molecule has 5 nitrogen and oxygen atoms in total. The zero-order valence-corrected chi connectivity index (χ0v) is 15.4. The summed E-state index contributed by atoms with van der Waals surface area (Å²) in [7, 11) is 1.78. The summed E-state index contributed by atoms with van der Waals surface area (Å²) in [5, 5.41) is 4.12. The van der Waals surface area contributed by atoms with Crippen LogP contribution in [0.25, 0.3) is 0 Å². The van der Waals surface area contributed by atoms with Gasteiger partial charge >= 0.3 is 0 Å². The number of hydrogen-bond acceptors (Lipinski definition) is 4. The highest BCUT2D eigenvalue weighted by molar-refractivity contribution is 7.99. The van der Waals surface area contributed by atoms with Crippen LogP contribution in [0.3, 0.4) is 0 Å². The lowest BCUT2D eigenvalue weighted by atomic mass is 9.86. The second-order valence-corrected chi connectivity index (χ2v) is 7.42. The van der Waals surface area contributed by atoms with Gasteiger partial charge < -0.3 is 9.88 Å². The molecule has 126 valence electrons. The van der Waals surface area contributed by atoms with Crippen molar-refractivity contribution in [3.8, 4) is 0 Å². The maximum absolute atomic E-state index is 12.6. The van der Waals surface area contributed by atoms with Crippen LogP contribution in [-0.4, -0.2) is 21.2 Å². The van der Waals surface area contributed by atoms with Crippen LogP contribution < -0.4 is 10.9 Å². The molecule has 1 amide bonds. The van der Waals surface area contributed by atoms with Crippen molar-refractivity contribution in [1.82, 2.24) is 9.55 Å². The molecule has 1 aromatic heterocycles. The van der Waals surface area contributed by atoms with Gasteiger partial charge in [-0.3, -0.25) is 9.59 Å². The van der Waals surface area contributed by atoms with Crippen molar-refractivity contribution in [2.24, 2.45) is 7.05 Å². The number of carbonyl (C=O) groups is 1. The van der Waals surface area contributed by atoms with Crippen LogP contribution in [0.5, 0.6) is 0 Å². The minimum atomic E-state index is -0.466. The van der Waals surface area contributed by atoms with Crippen molar-refractivity contribution in [3.63, 3.8) is 0 Å². The summed E-state index contributed by atoms with van der Waals surface area (Å²) in [6, 6.07) is 5.22. The minimum Gasteiger partial charge on any atom is -0.312 e. The number of nitrogens with one attached hydrogen (secondary N) is 1. The van der Waals surface area contributed by atoms with Crippen LogP contribution >= 0.6 is 35.0 Å². The van der Waals surface area contributed by atoms with Crippen LogP contribution in [-0.2, 0) is 11.8 Å². The smallest absolute Gasteiger partial charge is 0.279 e. The van der Waals surface area contributed by atoms with Gasteiger partial charge in [0.15, 0.2) is 5.16 Å². The molecule has 0 aliphatic carbocycles. The van der Waals surface area contributed by atoms with Crippen LogP contribution in [0.4, 0.5) is 5.82 Å². The number of halogens is 2. The SMILES string of the molecule is CCSc1nc(=O)c2c(n1C)NC(=O)CC2c1cccc(Cl)c1Cl. The lowest BCUT2D eigenvalue weighted by Gasteiger charge is -2.28. The van der Waals surface area contributed by atoms with Gasteiger partial charge in [-0.25, -0.2) is 0 Å². The van der Waals surface area contributed by atoms with Crippen molar-refractivity contribution < 1.29 is 4.79 Å². The Morgan fingerprint density at radius 2 is 2.12 bits per heavy atom. The van der Waals surface area contributed by atoms with Gasteiger partial charge in [-0.1, -0.05) is 54.0 Å². The van der Waals surface area contributed by atoms with Crippen LogP contribution in [0.1, 0.15) is 30.4 Å². The Bertz CT molecular complexity index is 882. The van der Waals surface area contributed by atoms with Crippen molar-refractivity contribution in [2.75, 3.05) is 11.1 Å². The predicted octanol–water partition coefficient (Wildman–Crippen LogP) is 3.67. The first-order valence-electron chi connectivity index (χ1n) is 7.41. The molecule has 0 saturated carbocycles. The Labute approximate surface area is 153 Å². The minimum absolute atomic E-state index is 0.129. The van der Waals surface area contributed by atoms with Gasteiger partial charge in [0.25, 0.3) is 5.56 Å². The summed E-state index contributed by atoms with van der Waals surface area (Å²) in [5.41, 5.74) is 0.761. The molecule has 1 unspecified atom stereocenters. The van der Waals surface area contributed by atoms with E-state index in [1.807, 2.05) is 6.92 Å². The van der Waals surface area contributed by atoms with Gasteiger partial charge in [0, 0.05) is 19.4 Å². The lowest BCUT2D eigenvalue weighted by Crippen LogP contribution is -2.33. The standard InChI is InChI=1S/C16H15Cl2N3O2S/c1-3-24-16-20-15(23)12-9(7-11(22)19-14(12)21(16)2)8-5-4-6-10(17)13(8)18/h4-6,9H,3,7H2,1-2H3,(H,19,22). The number of thioether (sulfide) groups is 1. The van der Waals surface area contributed by atoms with Crippen molar-refractivity contribution >= 4 is 46.7 Å². The molecular weight excluding hydrogens is 369 g/mol. The van der Waals surface area contributed by atoms with Crippen molar-refractivity contribution in [2.45, 2.75) is 24.4 Å². The second-order valence-electron chi connectivity index (χ2n) is 5.40. The van der Waals surface area contributed by atoms with E-state index in [1.165, 1.54) is 11.8 Å². The Morgan fingerprint density at radius 1 is 1.38 bits per heavy atom. The predicted molar refractivity (Wildman–Crippen MR) is 97.4 cm³/mol. The lowest BCUT2D eigenvalue weighted by molar-refractivity contribution is -0.116. The Morgan fingerprint density at radius 3 is 2.83 bits per heavy atom. The monoisotopic (exact) mass is 383 g/mol. The fourth-order valence-corrected chi connectivity index (χ4v) is 3.98.